The van der Waals surface area contributed by atoms with E-state index >= 15 is 0 Å². The van der Waals surface area contributed by atoms with Gasteiger partial charge in [0, 0.05) is 40.0 Å². The fourth-order valence-electron chi connectivity index (χ4n) is 4.20. The van der Waals surface area contributed by atoms with Crippen LogP contribution in [0.3, 0.4) is 0 Å². The molecular formula is C28H19F5N4O3S. The molecule has 2 aromatic heterocycles. The lowest BCUT2D eigenvalue weighted by atomic mass is 9.98. The van der Waals surface area contributed by atoms with Crippen molar-refractivity contribution in [3.63, 3.8) is 0 Å². The van der Waals surface area contributed by atoms with Gasteiger partial charge in [-0.05, 0) is 65.7 Å². The number of anilines is 2. The lowest BCUT2D eigenvalue weighted by Crippen LogP contribution is -2.12. The number of carbonyl (C=O) groups is 1. The fourth-order valence-corrected chi connectivity index (χ4v) is 4.76. The lowest BCUT2D eigenvalue weighted by Gasteiger charge is -2.13. The molecule has 3 N–H and O–H groups in total. The second kappa shape index (κ2) is 10.3. The number of H-pyrrole nitrogens is 1. The Balaban J connectivity index is 1.52. The third-order valence-electron chi connectivity index (χ3n) is 5.99. The van der Waals surface area contributed by atoms with E-state index in [1.54, 1.807) is 12.1 Å². The van der Waals surface area contributed by atoms with E-state index in [2.05, 4.69) is 20.0 Å². The van der Waals surface area contributed by atoms with Crippen LogP contribution in [0.4, 0.5) is 33.3 Å². The Kier molecular flexibility index (Phi) is 6.99. The molecule has 1 amide bonds. The number of pyridine rings is 1. The minimum Gasteiger partial charge on any atom is -0.350 e. The number of sulfonamides is 1. The molecule has 0 saturated carbocycles. The average molecular weight is 587 g/mol. The summed E-state index contributed by atoms with van der Waals surface area (Å²) in [5.74, 6) is -2.28. The van der Waals surface area contributed by atoms with Crippen molar-refractivity contribution >= 4 is 38.2 Å². The van der Waals surface area contributed by atoms with E-state index in [4.69, 9.17) is 0 Å². The molecule has 0 spiro atoms. The van der Waals surface area contributed by atoms with E-state index in [-0.39, 0.29) is 33.8 Å². The number of benzene rings is 3. The van der Waals surface area contributed by atoms with Crippen LogP contribution in [0, 0.1) is 11.6 Å². The second-order valence-corrected chi connectivity index (χ2v) is 10.9. The lowest BCUT2D eigenvalue weighted by molar-refractivity contribution is -0.141. The van der Waals surface area contributed by atoms with Crippen LogP contribution in [0.1, 0.15) is 16.2 Å². The van der Waals surface area contributed by atoms with Crippen molar-refractivity contribution in [1.29, 1.82) is 0 Å². The van der Waals surface area contributed by atoms with Crippen LogP contribution < -0.4 is 10.0 Å². The zero-order valence-corrected chi connectivity index (χ0v) is 21.8. The Morgan fingerprint density at radius 1 is 0.854 bits per heavy atom. The highest BCUT2D eigenvalue weighted by Gasteiger charge is 2.32. The van der Waals surface area contributed by atoms with Gasteiger partial charge in [-0.1, -0.05) is 12.1 Å². The summed E-state index contributed by atoms with van der Waals surface area (Å²) in [5.41, 5.74) is 0.759. The van der Waals surface area contributed by atoms with Gasteiger partial charge in [0.05, 0.1) is 11.9 Å². The smallest absolute Gasteiger partial charge is 0.350 e. The third kappa shape index (κ3) is 6.35. The Labute approximate surface area is 230 Å². The quantitative estimate of drug-likeness (QED) is 0.190. The number of aromatic amines is 1. The van der Waals surface area contributed by atoms with Crippen LogP contribution in [0.2, 0.25) is 0 Å². The SMILES string of the molecule is CS(=O)(=O)Nc1ccc2cc(C(=O)Nc3cc(-c4ccc(C(F)(F)F)nc4)cc(-c4ccc(F)cc4F)c3)[nH]c2c1. The van der Waals surface area contributed by atoms with E-state index in [1.807, 2.05) is 0 Å². The van der Waals surface area contributed by atoms with Crippen LogP contribution in [-0.4, -0.2) is 30.5 Å². The van der Waals surface area contributed by atoms with Crippen molar-refractivity contribution in [2.75, 3.05) is 16.3 Å². The maximum Gasteiger partial charge on any atom is 0.433 e. The molecule has 3 aromatic carbocycles. The standard InChI is InChI=1S/C28H19F5N4O3S/c1-41(39,40)37-20-5-2-15-11-25(36-24(15)13-20)27(38)35-21-9-17(16-3-7-26(34-14-16)28(31,32)33)8-18(10-21)22-6-4-19(29)12-23(22)30/h2-14,36-37H,1H3,(H,35,38). The number of hydrogen-bond donors (Lipinski definition) is 3. The molecule has 7 nitrogen and oxygen atoms in total. The van der Waals surface area contributed by atoms with Crippen LogP contribution >= 0.6 is 0 Å². The van der Waals surface area contributed by atoms with Crippen molar-refractivity contribution in [3.05, 3.63) is 102 Å². The minimum atomic E-state index is -4.64. The van der Waals surface area contributed by atoms with Crippen molar-refractivity contribution in [2.45, 2.75) is 6.18 Å². The van der Waals surface area contributed by atoms with Crippen LogP contribution in [0.25, 0.3) is 33.2 Å². The molecule has 210 valence electrons. The maximum absolute atomic E-state index is 14.7. The molecule has 0 bridgehead atoms. The normalized spacial score (nSPS) is 12.0. The zero-order valence-electron chi connectivity index (χ0n) is 21.0. The van der Waals surface area contributed by atoms with Gasteiger partial charge < -0.3 is 10.3 Å². The summed E-state index contributed by atoms with van der Waals surface area (Å²) in [6.07, 6.45) is -2.63. The first-order valence-corrected chi connectivity index (χ1v) is 13.7. The number of carbonyl (C=O) groups excluding carboxylic acids is 1. The monoisotopic (exact) mass is 586 g/mol. The van der Waals surface area contributed by atoms with E-state index in [9.17, 15) is 35.2 Å². The van der Waals surface area contributed by atoms with Crippen molar-refractivity contribution in [1.82, 2.24) is 9.97 Å². The van der Waals surface area contributed by atoms with Gasteiger partial charge in [0.25, 0.3) is 5.91 Å². The number of hydrogen-bond acceptors (Lipinski definition) is 4. The van der Waals surface area contributed by atoms with Crippen molar-refractivity contribution < 1.29 is 35.2 Å². The summed E-state index contributed by atoms with van der Waals surface area (Å²) in [7, 11) is -3.52. The molecule has 0 aliphatic heterocycles. The van der Waals surface area contributed by atoms with Crippen LogP contribution in [-0.2, 0) is 16.2 Å². The van der Waals surface area contributed by atoms with Gasteiger partial charge in [0.2, 0.25) is 10.0 Å². The van der Waals surface area contributed by atoms with E-state index in [0.29, 0.717) is 22.5 Å². The summed E-state index contributed by atoms with van der Waals surface area (Å²) < 4.78 is 92.6. The molecule has 0 saturated heterocycles. The van der Waals surface area contributed by atoms with Gasteiger partial charge in [-0.3, -0.25) is 14.5 Å². The second-order valence-electron chi connectivity index (χ2n) is 9.17. The molecule has 0 aliphatic carbocycles. The predicted molar refractivity (Wildman–Crippen MR) is 145 cm³/mol. The first kappa shape index (κ1) is 27.8. The Bertz CT molecular complexity index is 1900. The zero-order chi connectivity index (χ0) is 29.5. The number of aromatic nitrogens is 2. The highest BCUT2D eigenvalue weighted by atomic mass is 32.2. The van der Waals surface area contributed by atoms with Crippen LogP contribution in [0.15, 0.2) is 79.0 Å². The van der Waals surface area contributed by atoms with Gasteiger partial charge in [-0.2, -0.15) is 13.2 Å². The number of amides is 1. The molecule has 13 heteroatoms. The molecule has 2 heterocycles. The number of halogens is 5. The molecule has 0 aliphatic rings. The average Bonchev–Trinajstić information content (AvgIpc) is 3.31. The molecule has 5 rings (SSSR count). The molecule has 5 aromatic rings. The molecule has 0 atom stereocenters. The summed E-state index contributed by atoms with van der Waals surface area (Å²) >= 11 is 0. The first-order chi connectivity index (χ1) is 19.2. The van der Waals surface area contributed by atoms with Gasteiger partial charge in [-0.25, -0.2) is 17.2 Å². The van der Waals surface area contributed by atoms with Gasteiger partial charge >= 0.3 is 6.18 Å². The first-order valence-electron chi connectivity index (χ1n) is 11.8. The Hall–Kier alpha value is -4.78. The molecule has 0 unspecified atom stereocenters. The summed E-state index contributed by atoms with van der Waals surface area (Å²) in [5, 5.41) is 3.30. The number of rotatable bonds is 6. The highest BCUT2D eigenvalue weighted by molar-refractivity contribution is 7.92. The van der Waals surface area contributed by atoms with Gasteiger partial charge in [0.15, 0.2) is 0 Å². The summed E-state index contributed by atoms with van der Waals surface area (Å²) in [6.45, 7) is 0. The van der Waals surface area contributed by atoms with Crippen molar-refractivity contribution in [3.8, 4) is 22.3 Å². The summed E-state index contributed by atoms with van der Waals surface area (Å²) in [4.78, 5) is 19.5. The molecular weight excluding hydrogens is 567 g/mol. The number of fused-ring (bicyclic) bond motifs is 1. The molecule has 0 radical (unpaired) electrons. The Morgan fingerprint density at radius 3 is 2.27 bits per heavy atom. The van der Waals surface area contributed by atoms with E-state index in [0.717, 1.165) is 24.6 Å². The summed E-state index contributed by atoms with van der Waals surface area (Å²) in [6, 6.07) is 15.6. The fraction of sp³-hybridized carbons (Fsp3) is 0.0714. The van der Waals surface area contributed by atoms with Gasteiger partial charge in [0.1, 0.15) is 23.0 Å². The van der Waals surface area contributed by atoms with E-state index < -0.39 is 39.4 Å². The minimum absolute atomic E-state index is 0.000128. The predicted octanol–water partition coefficient (Wildman–Crippen LogP) is 6.82. The number of nitrogens with one attached hydrogen (secondary N) is 3. The Morgan fingerprint density at radius 2 is 1.61 bits per heavy atom. The number of alkyl halides is 3. The largest absolute Gasteiger partial charge is 0.433 e. The topological polar surface area (TPSA) is 104 Å². The van der Waals surface area contributed by atoms with Gasteiger partial charge in [-0.15, -0.1) is 0 Å². The molecule has 41 heavy (non-hydrogen) atoms. The maximum atomic E-state index is 14.7. The molecule has 0 fully saturated rings. The third-order valence-corrected chi connectivity index (χ3v) is 6.60. The van der Waals surface area contributed by atoms with Crippen LogP contribution in [0.5, 0.6) is 0 Å². The van der Waals surface area contributed by atoms with Crippen molar-refractivity contribution in [2.24, 2.45) is 0 Å². The van der Waals surface area contributed by atoms with E-state index in [1.165, 1.54) is 42.5 Å². The highest BCUT2D eigenvalue weighted by Crippen LogP contribution is 2.34. The number of nitrogens with zero attached hydrogens (tertiary/aromatic N) is 1.